The lowest BCUT2D eigenvalue weighted by Crippen LogP contribution is -2.52. The maximum absolute atomic E-state index is 12.6. The number of hydrogen-bond donors (Lipinski definition) is 2. The molecule has 2 aromatic rings. The summed E-state index contributed by atoms with van der Waals surface area (Å²) in [4.78, 5) is 24.7. The van der Waals surface area contributed by atoms with Gasteiger partial charge in [0.15, 0.2) is 17.0 Å². The first-order valence-corrected chi connectivity index (χ1v) is 9.01. The number of fused-ring (bicyclic) bond motifs is 1. The normalized spacial score (nSPS) is 14.9. The number of carboxylic acids is 1. The van der Waals surface area contributed by atoms with Gasteiger partial charge in [-0.25, -0.2) is 4.79 Å². The van der Waals surface area contributed by atoms with E-state index >= 15 is 0 Å². The average Bonchev–Trinajstić information content (AvgIpc) is 2.66. The lowest BCUT2D eigenvalue weighted by Gasteiger charge is -2.30. The molecule has 3 rings (SSSR count). The van der Waals surface area contributed by atoms with E-state index in [0.717, 1.165) is 0 Å². The van der Waals surface area contributed by atoms with Crippen LogP contribution >= 0.6 is 11.6 Å². The van der Waals surface area contributed by atoms with Crippen molar-refractivity contribution in [2.24, 2.45) is 0 Å². The molecule has 1 heterocycles. The molecule has 0 aliphatic carbocycles. The molecule has 27 heavy (non-hydrogen) atoms. The van der Waals surface area contributed by atoms with Crippen molar-refractivity contribution in [3.63, 3.8) is 0 Å². The number of ether oxygens (including phenoxy) is 2. The lowest BCUT2D eigenvalue weighted by molar-refractivity contribution is -0.148. The Morgan fingerprint density at radius 2 is 1.78 bits per heavy atom. The molecule has 1 aliphatic rings. The maximum atomic E-state index is 12.6. The monoisotopic (exact) mass is 389 g/mol. The number of benzene rings is 2. The first kappa shape index (κ1) is 19.0. The van der Waals surface area contributed by atoms with Crippen molar-refractivity contribution < 1.29 is 24.2 Å². The number of carboxylic acid groups (broad SMARTS) is 1. The molecular formula is C20H20ClNO5. The highest BCUT2D eigenvalue weighted by Gasteiger charge is 2.40. The summed E-state index contributed by atoms with van der Waals surface area (Å²) in [6, 6.07) is 11.7. The van der Waals surface area contributed by atoms with Gasteiger partial charge in [-0.15, -0.1) is 0 Å². The molecule has 0 saturated carbocycles. The van der Waals surface area contributed by atoms with Gasteiger partial charge in [0.25, 0.3) is 0 Å². The van der Waals surface area contributed by atoms with E-state index in [1.807, 2.05) is 0 Å². The fourth-order valence-electron chi connectivity index (χ4n) is 3.09. The standard InChI is InChI=1S/C20H20ClNO5/c1-2-20(19(24)25,14-4-6-15(21)7-5-14)22-18(23)12-13-3-8-16-17(11-13)27-10-9-26-16/h3-8,11H,2,9-10,12H2,1H3,(H,22,23)(H,24,25). The molecule has 0 aromatic heterocycles. The van der Waals surface area contributed by atoms with Gasteiger partial charge in [-0.05, 0) is 41.8 Å². The Balaban J connectivity index is 1.80. The second-order valence-electron chi connectivity index (χ2n) is 6.27. The van der Waals surface area contributed by atoms with Crippen LogP contribution in [0.1, 0.15) is 24.5 Å². The maximum Gasteiger partial charge on any atom is 0.334 e. The highest BCUT2D eigenvalue weighted by Crippen LogP contribution is 2.31. The molecule has 0 radical (unpaired) electrons. The van der Waals surface area contributed by atoms with Crippen LogP contribution in [0.4, 0.5) is 0 Å². The number of carbonyl (C=O) groups is 2. The zero-order valence-corrected chi connectivity index (χ0v) is 15.6. The summed E-state index contributed by atoms with van der Waals surface area (Å²) in [5.74, 6) is -0.294. The third-order valence-electron chi connectivity index (χ3n) is 4.56. The SMILES string of the molecule is CCC(NC(=O)Cc1ccc2c(c1)OCCO2)(C(=O)O)c1ccc(Cl)cc1. The van der Waals surface area contributed by atoms with Gasteiger partial charge >= 0.3 is 5.97 Å². The second-order valence-corrected chi connectivity index (χ2v) is 6.71. The molecule has 142 valence electrons. The molecule has 1 aliphatic heterocycles. The number of carbonyl (C=O) groups excluding carboxylic acids is 1. The zero-order valence-electron chi connectivity index (χ0n) is 14.8. The molecule has 0 spiro atoms. The average molecular weight is 390 g/mol. The lowest BCUT2D eigenvalue weighted by atomic mass is 9.87. The minimum absolute atomic E-state index is 0.0270. The van der Waals surface area contributed by atoms with Crippen molar-refractivity contribution in [2.45, 2.75) is 25.3 Å². The third-order valence-corrected chi connectivity index (χ3v) is 4.81. The van der Waals surface area contributed by atoms with Gasteiger partial charge in [-0.3, -0.25) is 4.79 Å². The molecule has 1 unspecified atom stereocenters. The molecule has 2 aromatic carbocycles. The number of amides is 1. The topological polar surface area (TPSA) is 84.9 Å². The summed E-state index contributed by atoms with van der Waals surface area (Å²) in [5.41, 5.74) is -0.337. The third kappa shape index (κ3) is 4.01. The van der Waals surface area contributed by atoms with Gasteiger partial charge in [0, 0.05) is 5.02 Å². The summed E-state index contributed by atoms with van der Waals surface area (Å²) in [6.07, 6.45) is 0.218. The second kappa shape index (κ2) is 7.88. The molecule has 7 heteroatoms. The van der Waals surface area contributed by atoms with E-state index in [0.29, 0.717) is 40.9 Å². The zero-order chi connectivity index (χ0) is 19.4. The largest absolute Gasteiger partial charge is 0.486 e. The molecule has 0 bridgehead atoms. The van der Waals surface area contributed by atoms with Crippen molar-refractivity contribution in [2.75, 3.05) is 13.2 Å². The fraction of sp³-hybridized carbons (Fsp3) is 0.300. The van der Waals surface area contributed by atoms with Crippen LogP contribution in [0.25, 0.3) is 0 Å². The van der Waals surface area contributed by atoms with Crippen LogP contribution < -0.4 is 14.8 Å². The van der Waals surface area contributed by atoms with Gasteiger partial charge in [0.05, 0.1) is 6.42 Å². The van der Waals surface area contributed by atoms with Gasteiger partial charge in [-0.2, -0.15) is 0 Å². The van der Waals surface area contributed by atoms with E-state index in [1.165, 1.54) is 0 Å². The van der Waals surface area contributed by atoms with Gasteiger partial charge in [-0.1, -0.05) is 36.7 Å². The van der Waals surface area contributed by atoms with Gasteiger partial charge < -0.3 is 19.9 Å². The molecule has 1 amide bonds. The summed E-state index contributed by atoms with van der Waals surface area (Å²) < 4.78 is 11.0. The summed E-state index contributed by atoms with van der Waals surface area (Å²) in [6.45, 7) is 2.66. The number of nitrogens with one attached hydrogen (secondary N) is 1. The Morgan fingerprint density at radius 3 is 2.41 bits per heavy atom. The van der Waals surface area contributed by atoms with Gasteiger partial charge in [0.1, 0.15) is 13.2 Å². The number of rotatable bonds is 6. The number of halogens is 1. The summed E-state index contributed by atoms with van der Waals surface area (Å²) >= 11 is 5.90. The van der Waals surface area contributed by atoms with Crippen LogP contribution in [-0.2, 0) is 21.5 Å². The van der Waals surface area contributed by atoms with E-state index in [4.69, 9.17) is 21.1 Å². The van der Waals surface area contributed by atoms with Crippen LogP contribution in [0, 0.1) is 0 Å². The van der Waals surface area contributed by atoms with E-state index in [2.05, 4.69) is 5.32 Å². The van der Waals surface area contributed by atoms with Crippen LogP contribution in [0.5, 0.6) is 11.5 Å². The predicted molar refractivity (Wildman–Crippen MR) is 100 cm³/mol. The Kier molecular flexibility index (Phi) is 5.56. The highest BCUT2D eigenvalue weighted by atomic mass is 35.5. The van der Waals surface area contributed by atoms with E-state index in [-0.39, 0.29) is 12.8 Å². The predicted octanol–water partition coefficient (Wildman–Crippen LogP) is 3.16. The summed E-state index contributed by atoms with van der Waals surface area (Å²) in [7, 11) is 0. The van der Waals surface area contributed by atoms with Crippen molar-refractivity contribution >= 4 is 23.5 Å². The Hall–Kier alpha value is -2.73. The van der Waals surface area contributed by atoms with Crippen LogP contribution in [0.3, 0.4) is 0 Å². The van der Waals surface area contributed by atoms with Crippen molar-refractivity contribution in [3.8, 4) is 11.5 Å². The minimum Gasteiger partial charge on any atom is -0.486 e. The van der Waals surface area contributed by atoms with Crippen LogP contribution in [0.15, 0.2) is 42.5 Å². The first-order valence-electron chi connectivity index (χ1n) is 8.63. The fourth-order valence-corrected chi connectivity index (χ4v) is 3.22. The molecule has 2 N–H and O–H groups in total. The number of hydrogen-bond acceptors (Lipinski definition) is 4. The minimum atomic E-state index is -1.52. The van der Waals surface area contributed by atoms with E-state index < -0.39 is 17.4 Å². The summed E-state index contributed by atoms with van der Waals surface area (Å²) in [5, 5.41) is 13.0. The Bertz CT molecular complexity index is 852. The van der Waals surface area contributed by atoms with Crippen LogP contribution in [0.2, 0.25) is 5.02 Å². The molecule has 6 nitrogen and oxygen atoms in total. The quantitative estimate of drug-likeness (QED) is 0.792. The number of aliphatic carboxylic acids is 1. The highest BCUT2D eigenvalue weighted by molar-refractivity contribution is 6.30. The van der Waals surface area contributed by atoms with E-state index in [9.17, 15) is 14.7 Å². The molecule has 1 atom stereocenters. The van der Waals surface area contributed by atoms with Crippen molar-refractivity contribution in [1.29, 1.82) is 0 Å². The smallest absolute Gasteiger partial charge is 0.334 e. The molecule has 0 fully saturated rings. The van der Waals surface area contributed by atoms with Crippen LogP contribution in [-0.4, -0.2) is 30.2 Å². The molecule has 0 saturated heterocycles. The molecular weight excluding hydrogens is 370 g/mol. The Morgan fingerprint density at radius 1 is 1.11 bits per heavy atom. The van der Waals surface area contributed by atoms with Crippen molar-refractivity contribution in [3.05, 3.63) is 58.6 Å². The van der Waals surface area contributed by atoms with Gasteiger partial charge in [0.2, 0.25) is 5.91 Å². The van der Waals surface area contributed by atoms with E-state index in [1.54, 1.807) is 49.4 Å². The Labute approximate surface area is 162 Å². The van der Waals surface area contributed by atoms with Crippen molar-refractivity contribution in [1.82, 2.24) is 5.32 Å². The first-order chi connectivity index (χ1) is 12.9.